The summed E-state index contributed by atoms with van der Waals surface area (Å²) in [7, 11) is 0. The van der Waals surface area contributed by atoms with Crippen LogP contribution in [-0.2, 0) is 4.74 Å². The number of thiazole rings is 1. The van der Waals surface area contributed by atoms with Crippen molar-refractivity contribution in [1.29, 1.82) is 0 Å². The van der Waals surface area contributed by atoms with Crippen LogP contribution in [0.1, 0.15) is 71.0 Å². The molecule has 152 valence electrons. The fourth-order valence-corrected chi connectivity index (χ4v) is 4.64. The lowest BCUT2D eigenvalue weighted by Gasteiger charge is -2.27. The number of carbonyl (C=O) groups is 1. The van der Waals surface area contributed by atoms with E-state index >= 15 is 0 Å². The first-order chi connectivity index (χ1) is 13.3. The van der Waals surface area contributed by atoms with Crippen LogP contribution in [0.4, 0.5) is 4.79 Å². The van der Waals surface area contributed by atoms with Crippen molar-refractivity contribution < 1.29 is 9.53 Å². The summed E-state index contributed by atoms with van der Waals surface area (Å²) in [6.07, 6.45) is 6.84. The van der Waals surface area contributed by atoms with Crippen molar-refractivity contribution in [1.82, 2.24) is 10.3 Å². The molecule has 0 aliphatic heterocycles. The molecule has 1 aliphatic carbocycles. The molecule has 1 aliphatic rings. The Labute approximate surface area is 176 Å². The maximum absolute atomic E-state index is 12.4. The molecular weight excluding hydrogens is 392 g/mol. The van der Waals surface area contributed by atoms with Crippen LogP contribution in [0.5, 0.6) is 0 Å². The van der Waals surface area contributed by atoms with Crippen molar-refractivity contribution in [3.63, 3.8) is 0 Å². The Balaban J connectivity index is 1.77. The van der Waals surface area contributed by atoms with E-state index in [1.165, 1.54) is 32.1 Å². The lowest BCUT2D eigenvalue weighted by molar-refractivity contribution is 0.0493. The minimum Gasteiger partial charge on any atom is -0.444 e. The predicted octanol–water partition coefficient (Wildman–Crippen LogP) is 7.00. The number of hydrogen-bond donors (Lipinski definition) is 1. The third-order valence-electron chi connectivity index (χ3n) is 4.95. The van der Waals surface area contributed by atoms with E-state index in [9.17, 15) is 4.79 Å². The third kappa shape index (κ3) is 6.21. The summed E-state index contributed by atoms with van der Waals surface area (Å²) < 4.78 is 5.49. The molecule has 0 spiro atoms. The normalized spacial score (nSPS) is 16.6. The number of halogens is 1. The standard InChI is InChI=1S/C22H29ClN2O2S/c1-22(2,3)27-21(26)25-18(13-15-7-5-4-6-8-15)19-14-28-20(24-19)16-9-11-17(23)12-10-16/h9-12,14-15,18H,4-8,13H2,1-3H3,(H,25,26)/t18-/m1/s1. The Morgan fingerprint density at radius 2 is 1.93 bits per heavy atom. The highest BCUT2D eigenvalue weighted by Crippen LogP contribution is 2.34. The quantitative estimate of drug-likeness (QED) is 0.566. The summed E-state index contributed by atoms with van der Waals surface area (Å²) in [6, 6.07) is 7.56. The van der Waals surface area contributed by atoms with Gasteiger partial charge >= 0.3 is 6.09 Å². The second kappa shape index (κ2) is 9.27. The van der Waals surface area contributed by atoms with Gasteiger partial charge in [0, 0.05) is 16.0 Å². The van der Waals surface area contributed by atoms with E-state index in [1.54, 1.807) is 11.3 Å². The number of alkyl carbamates (subject to hydrolysis) is 1. The fourth-order valence-electron chi connectivity index (χ4n) is 3.63. The lowest BCUT2D eigenvalue weighted by Crippen LogP contribution is -2.36. The van der Waals surface area contributed by atoms with Gasteiger partial charge in [0.1, 0.15) is 10.6 Å². The highest BCUT2D eigenvalue weighted by molar-refractivity contribution is 7.13. The fraction of sp³-hybridized carbons (Fsp3) is 0.545. The van der Waals surface area contributed by atoms with Crippen molar-refractivity contribution in [2.24, 2.45) is 5.92 Å². The number of carbonyl (C=O) groups excluding carboxylic acids is 1. The maximum atomic E-state index is 12.4. The number of nitrogens with one attached hydrogen (secondary N) is 1. The first-order valence-electron chi connectivity index (χ1n) is 10.0. The number of nitrogens with zero attached hydrogens (tertiary/aromatic N) is 1. The lowest BCUT2D eigenvalue weighted by atomic mass is 9.84. The number of aromatic nitrogens is 1. The number of ether oxygens (including phenoxy) is 1. The molecular formula is C22H29ClN2O2S. The summed E-state index contributed by atoms with van der Waals surface area (Å²) in [5.74, 6) is 0.620. The summed E-state index contributed by atoms with van der Waals surface area (Å²) in [5.41, 5.74) is 1.43. The molecule has 1 fully saturated rings. The van der Waals surface area contributed by atoms with Crippen molar-refractivity contribution >= 4 is 29.0 Å². The second-order valence-electron chi connectivity index (χ2n) is 8.52. The molecule has 4 nitrogen and oxygen atoms in total. The topological polar surface area (TPSA) is 51.2 Å². The SMILES string of the molecule is CC(C)(C)OC(=O)N[C@H](CC1CCCCC1)c1csc(-c2ccc(Cl)cc2)n1. The van der Waals surface area contributed by atoms with E-state index in [0.29, 0.717) is 10.9 Å². The molecule has 0 radical (unpaired) electrons. The van der Waals surface area contributed by atoms with E-state index < -0.39 is 5.60 Å². The molecule has 1 aromatic carbocycles. The van der Waals surface area contributed by atoms with Crippen molar-refractivity contribution in [3.8, 4) is 10.6 Å². The molecule has 0 bridgehead atoms. The van der Waals surface area contributed by atoms with Crippen LogP contribution in [0, 0.1) is 5.92 Å². The van der Waals surface area contributed by atoms with Crippen molar-refractivity contribution in [3.05, 3.63) is 40.4 Å². The molecule has 6 heteroatoms. The predicted molar refractivity (Wildman–Crippen MR) is 116 cm³/mol. The average molecular weight is 421 g/mol. The van der Waals surface area contributed by atoms with Crippen LogP contribution in [0.3, 0.4) is 0 Å². The van der Waals surface area contributed by atoms with Crippen molar-refractivity contribution in [2.75, 3.05) is 0 Å². The Morgan fingerprint density at radius 1 is 1.25 bits per heavy atom. The molecule has 28 heavy (non-hydrogen) atoms. The molecule has 3 rings (SSSR count). The van der Waals surface area contributed by atoms with Crippen LogP contribution >= 0.6 is 22.9 Å². The van der Waals surface area contributed by atoms with Gasteiger partial charge in [-0.2, -0.15) is 0 Å². The summed E-state index contributed by atoms with van der Waals surface area (Å²) >= 11 is 7.59. The van der Waals surface area contributed by atoms with Gasteiger partial charge in [0.2, 0.25) is 0 Å². The van der Waals surface area contributed by atoms with Crippen LogP contribution in [0.25, 0.3) is 10.6 Å². The Morgan fingerprint density at radius 3 is 2.57 bits per heavy atom. The Bertz CT molecular complexity index is 777. The van der Waals surface area contributed by atoms with E-state index in [-0.39, 0.29) is 12.1 Å². The van der Waals surface area contributed by atoms with Crippen LogP contribution in [0.15, 0.2) is 29.6 Å². The average Bonchev–Trinajstić information content (AvgIpc) is 3.11. The third-order valence-corrected chi connectivity index (χ3v) is 6.12. The molecule has 0 unspecified atom stereocenters. The van der Waals surface area contributed by atoms with E-state index in [0.717, 1.165) is 22.7 Å². The first-order valence-corrected chi connectivity index (χ1v) is 11.3. The zero-order valence-electron chi connectivity index (χ0n) is 16.8. The Kier molecular flexibility index (Phi) is 7.00. The second-order valence-corrected chi connectivity index (χ2v) is 9.82. The monoisotopic (exact) mass is 420 g/mol. The molecule has 1 atom stereocenters. The van der Waals surface area contributed by atoms with Gasteiger partial charge in [-0.3, -0.25) is 0 Å². The molecule has 1 aromatic heterocycles. The summed E-state index contributed by atoms with van der Waals surface area (Å²) in [6.45, 7) is 5.64. The highest BCUT2D eigenvalue weighted by Gasteiger charge is 2.26. The molecule has 1 amide bonds. The zero-order valence-corrected chi connectivity index (χ0v) is 18.4. The van der Waals surface area contributed by atoms with Gasteiger partial charge in [-0.15, -0.1) is 11.3 Å². The van der Waals surface area contributed by atoms with E-state index in [4.69, 9.17) is 21.3 Å². The van der Waals surface area contributed by atoms with E-state index in [1.807, 2.05) is 45.0 Å². The van der Waals surface area contributed by atoms with Gasteiger partial charge in [0.15, 0.2) is 0 Å². The van der Waals surface area contributed by atoms with Gasteiger partial charge in [-0.25, -0.2) is 9.78 Å². The largest absolute Gasteiger partial charge is 0.444 e. The van der Waals surface area contributed by atoms with Crippen LogP contribution < -0.4 is 5.32 Å². The summed E-state index contributed by atoms with van der Waals surface area (Å²) in [5, 5.41) is 6.77. The van der Waals surface area contributed by atoms with Crippen LogP contribution in [0.2, 0.25) is 5.02 Å². The number of hydrogen-bond acceptors (Lipinski definition) is 4. The highest BCUT2D eigenvalue weighted by atomic mass is 35.5. The molecule has 0 saturated heterocycles. The van der Waals surface area contributed by atoms with Gasteiger partial charge in [-0.05, 0) is 45.2 Å². The van der Waals surface area contributed by atoms with Crippen molar-refractivity contribution in [2.45, 2.75) is 70.9 Å². The minimum atomic E-state index is -0.518. The minimum absolute atomic E-state index is 0.129. The Hall–Kier alpha value is -1.59. The number of rotatable bonds is 5. The molecule has 2 aromatic rings. The summed E-state index contributed by atoms with van der Waals surface area (Å²) in [4.78, 5) is 17.3. The van der Waals surface area contributed by atoms with E-state index in [2.05, 4.69) is 10.7 Å². The van der Waals surface area contributed by atoms with Gasteiger partial charge in [-0.1, -0.05) is 55.8 Å². The number of amides is 1. The van der Waals surface area contributed by atoms with Crippen LogP contribution in [-0.4, -0.2) is 16.7 Å². The van der Waals surface area contributed by atoms with Gasteiger partial charge < -0.3 is 10.1 Å². The smallest absolute Gasteiger partial charge is 0.408 e. The molecule has 1 saturated carbocycles. The number of benzene rings is 1. The first kappa shape index (κ1) is 21.1. The maximum Gasteiger partial charge on any atom is 0.408 e. The van der Waals surface area contributed by atoms with Gasteiger partial charge in [0.25, 0.3) is 0 Å². The molecule has 1 heterocycles. The molecule has 1 N–H and O–H groups in total. The zero-order chi connectivity index (χ0) is 20.1. The van der Waals surface area contributed by atoms with Gasteiger partial charge in [0.05, 0.1) is 11.7 Å².